The summed E-state index contributed by atoms with van der Waals surface area (Å²) in [5.41, 5.74) is 1.12. The fraction of sp³-hybridized carbons (Fsp3) is 0.400. The van der Waals surface area contributed by atoms with Gasteiger partial charge in [0.2, 0.25) is 5.95 Å². The summed E-state index contributed by atoms with van der Waals surface area (Å²) in [6.07, 6.45) is -2.63. The van der Waals surface area contributed by atoms with E-state index in [1.807, 2.05) is 0 Å². The topological polar surface area (TPSA) is 99.8 Å². The van der Waals surface area contributed by atoms with Crippen LogP contribution >= 0.6 is 23.2 Å². The number of hydrogen-bond donors (Lipinski definition) is 4. The van der Waals surface area contributed by atoms with Crippen molar-refractivity contribution in [2.45, 2.75) is 24.5 Å². The number of imidazole rings is 1. The number of hydrogen-bond acceptors (Lipinski definition) is 6. The zero-order valence-electron chi connectivity index (χ0n) is 12.6. The van der Waals surface area contributed by atoms with Crippen LogP contribution in [0, 0.1) is 0 Å². The van der Waals surface area contributed by atoms with E-state index in [2.05, 4.69) is 16.9 Å². The summed E-state index contributed by atoms with van der Waals surface area (Å²) in [5, 5.41) is 33.3. The molecule has 0 amide bonds. The molecular formula is C15H17Cl2N3O4. The van der Waals surface area contributed by atoms with Gasteiger partial charge in [-0.1, -0.05) is 29.3 Å². The number of rotatable bonds is 5. The van der Waals surface area contributed by atoms with Crippen molar-refractivity contribution < 1.29 is 20.1 Å². The predicted octanol–water partition coefficient (Wildman–Crippen LogP) is 1.55. The quantitative estimate of drug-likeness (QED) is 0.593. The summed E-state index contributed by atoms with van der Waals surface area (Å²) in [6, 6.07) is 3.22. The average Bonchev–Trinajstić information content (AvgIpc) is 3.04. The van der Waals surface area contributed by atoms with Crippen molar-refractivity contribution in [2.24, 2.45) is 0 Å². The Hall–Kier alpha value is -1.35. The van der Waals surface area contributed by atoms with Crippen molar-refractivity contribution in [1.82, 2.24) is 9.55 Å². The highest BCUT2D eigenvalue weighted by atomic mass is 35.5. The summed E-state index contributed by atoms with van der Waals surface area (Å²) in [6.45, 7) is 3.66. The van der Waals surface area contributed by atoms with E-state index in [0.717, 1.165) is 0 Å². The molecule has 24 heavy (non-hydrogen) atoms. The molecule has 2 aromatic rings. The first kappa shape index (κ1) is 17.5. The molecule has 7 nitrogen and oxygen atoms in total. The number of fused-ring (bicyclic) bond motifs is 1. The van der Waals surface area contributed by atoms with Gasteiger partial charge in [-0.05, 0) is 12.1 Å². The third kappa shape index (κ3) is 2.88. The number of aliphatic hydroxyl groups is 3. The molecule has 0 unspecified atom stereocenters. The van der Waals surface area contributed by atoms with E-state index in [9.17, 15) is 15.3 Å². The van der Waals surface area contributed by atoms with Crippen LogP contribution in [0.1, 0.15) is 6.23 Å². The maximum Gasteiger partial charge on any atom is 0.206 e. The van der Waals surface area contributed by atoms with Gasteiger partial charge in [0.1, 0.15) is 18.3 Å². The van der Waals surface area contributed by atoms with E-state index < -0.39 is 31.1 Å². The minimum Gasteiger partial charge on any atom is -0.394 e. The Morgan fingerprint density at radius 3 is 2.62 bits per heavy atom. The molecule has 1 fully saturated rings. The molecule has 0 bridgehead atoms. The molecule has 1 aromatic heterocycles. The fourth-order valence-electron chi connectivity index (χ4n) is 2.73. The molecule has 9 heteroatoms. The van der Waals surface area contributed by atoms with Crippen molar-refractivity contribution in [2.75, 3.05) is 18.5 Å². The number of nitrogens with zero attached hydrogens (tertiary/aromatic N) is 2. The Kier molecular flexibility index (Phi) is 5.00. The van der Waals surface area contributed by atoms with Gasteiger partial charge in [0.25, 0.3) is 0 Å². The summed E-state index contributed by atoms with van der Waals surface area (Å²) < 4.78 is 7.20. The number of nitrogens with one attached hydrogen (secondary N) is 1. The van der Waals surface area contributed by atoms with Gasteiger partial charge < -0.3 is 25.4 Å². The monoisotopic (exact) mass is 373 g/mol. The van der Waals surface area contributed by atoms with Crippen molar-refractivity contribution >= 4 is 40.2 Å². The summed E-state index contributed by atoms with van der Waals surface area (Å²) in [5.74, 6) is 0.401. The Morgan fingerprint density at radius 1 is 1.29 bits per heavy atom. The highest BCUT2D eigenvalue weighted by molar-refractivity contribution is 6.42. The van der Waals surface area contributed by atoms with Crippen molar-refractivity contribution in [3.8, 4) is 0 Å². The molecule has 3 rings (SSSR count). The lowest BCUT2D eigenvalue weighted by atomic mass is 10.1. The van der Waals surface area contributed by atoms with Gasteiger partial charge in [0, 0.05) is 6.54 Å². The van der Waals surface area contributed by atoms with Gasteiger partial charge in [0.15, 0.2) is 6.23 Å². The third-order valence-electron chi connectivity index (χ3n) is 3.91. The van der Waals surface area contributed by atoms with Gasteiger partial charge in [-0.25, -0.2) is 4.98 Å². The summed E-state index contributed by atoms with van der Waals surface area (Å²) >= 11 is 12.1. The lowest BCUT2D eigenvalue weighted by Gasteiger charge is -2.20. The van der Waals surface area contributed by atoms with E-state index in [1.54, 1.807) is 22.8 Å². The van der Waals surface area contributed by atoms with E-state index in [4.69, 9.17) is 27.9 Å². The van der Waals surface area contributed by atoms with Crippen LogP contribution in [-0.4, -0.2) is 56.3 Å². The molecule has 1 aromatic carbocycles. The Bertz CT molecular complexity index is 767. The molecule has 0 aliphatic carbocycles. The van der Waals surface area contributed by atoms with Gasteiger partial charge in [-0.15, -0.1) is 6.58 Å². The second kappa shape index (κ2) is 6.87. The minimum absolute atomic E-state index is 0.326. The highest BCUT2D eigenvalue weighted by Crippen LogP contribution is 2.37. The molecule has 4 atom stereocenters. The van der Waals surface area contributed by atoms with E-state index >= 15 is 0 Å². The van der Waals surface area contributed by atoms with Crippen LogP contribution in [0.25, 0.3) is 11.0 Å². The average molecular weight is 374 g/mol. The van der Waals surface area contributed by atoms with Gasteiger partial charge in [-0.3, -0.25) is 4.57 Å². The smallest absolute Gasteiger partial charge is 0.206 e. The fourth-order valence-corrected chi connectivity index (χ4v) is 3.05. The minimum atomic E-state index is -1.24. The van der Waals surface area contributed by atoms with Crippen LogP contribution in [0.15, 0.2) is 24.8 Å². The van der Waals surface area contributed by atoms with Gasteiger partial charge in [-0.2, -0.15) is 0 Å². The first-order valence-corrected chi connectivity index (χ1v) is 8.07. The molecular weight excluding hydrogens is 357 g/mol. The molecule has 1 saturated heterocycles. The van der Waals surface area contributed by atoms with Crippen LogP contribution in [0.2, 0.25) is 10.0 Å². The molecule has 130 valence electrons. The maximum absolute atomic E-state index is 10.3. The number of ether oxygens (including phenoxy) is 1. The van der Waals surface area contributed by atoms with Crippen molar-refractivity contribution in [3.05, 3.63) is 34.8 Å². The lowest BCUT2D eigenvalue weighted by Crippen LogP contribution is -2.33. The molecule has 0 spiro atoms. The van der Waals surface area contributed by atoms with Gasteiger partial charge in [0.05, 0.1) is 27.7 Å². The Morgan fingerprint density at radius 2 is 2.00 bits per heavy atom. The summed E-state index contributed by atoms with van der Waals surface area (Å²) in [7, 11) is 0. The Labute approximate surface area is 148 Å². The number of aliphatic hydroxyl groups excluding tert-OH is 3. The highest BCUT2D eigenvalue weighted by Gasteiger charge is 2.44. The van der Waals surface area contributed by atoms with Crippen molar-refractivity contribution in [3.63, 3.8) is 0 Å². The molecule has 1 aliphatic heterocycles. The molecule has 0 radical (unpaired) electrons. The molecule has 4 N–H and O–H groups in total. The second-order valence-electron chi connectivity index (χ2n) is 5.46. The largest absolute Gasteiger partial charge is 0.394 e. The Balaban J connectivity index is 2.13. The van der Waals surface area contributed by atoms with Crippen molar-refractivity contribution in [1.29, 1.82) is 0 Å². The first-order valence-electron chi connectivity index (χ1n) is 7.32. The van der Waals surface area contributed by atoms with Crippen LogP contribution < -0.4 is 5.32 Å². The summed E-state index contributed by atoms with van der Waals surface area (Å²) in [4.78, 5) is 4.43. The number of anilines is 1. The van der Waals surface area contributed by atoms with E-state index in [0.29, 0.717) is 33.6 Å². The SMILES string of the molecule is C=CCNc1nc2cc(Cl)c(Cl)cc2n1[C@@H]1O[C@H](CO)[C@@H](O)[C@H]1O. The normalized spacial score (nSPS) is 26.9. The van der Waals surface area contributed by atoms with E-state index in [1.165, 1.54) is 0 Å². The molecule has 1 aliphatic rings. The zero-order chi connectivity index (χ0) is 17.4. The lowest BCUT2D eigenvalue weighted by molar-refractivity contribution is -0.0499. The third-order valence-corrected chi connectivity index (χ3v) is 4.63. The molecule has 2 heterocycles. The van der Waals surface area contributed by atoms with Gasteiger partial charge >= 0.3 is 0 Å². The number of halogens is 2. The second-order valence-corrected chi connectivity index (χ2v) is 6.27. The predicted molar refractivity (Wildman–Crippen MR) is 91.4 cm³/mol. The standard InChI is InChI=1S/C15H17Cl2N3O4/c1-2-3-18-15-19-9-4-7(16)8(17)5-10(9)20(15)14-13(23)12(22)11(6-21)24-14/h2,4-5,11-14,21-23H,1,3,6H2,(H,18,19)/t11-,12-,13-,14-/m1/s1. The van der Waals surface area contributed by atoms with Crippen LogP contribution in [0.5, 0.6) is 0 Å². The molecule has 0 saturated carbocycles. The van der Waals surface area contributed by atoms with Crippen LogP contribution in [-0.2, 0) is 4.74 Å². The van der Waals surface area contributed by atoms with Crippen LogP contribution in [0.3, 0.4) is 0 Å². The number of benzene rings is 1. The zero-order valence-corrected chi connectivity index (χ0v) is 14.1. The first-order chi connectivity index (χ1) is 11.5. The maximum atomic E-state index is 10.3. The number of aromatic nitrogens is 2. The van der Waals surface area contributed by atoms with E-state index in [-0.39, 0.29) is 0 Å². The van der Waals surface area contributed by atoms with Crippen LogP contribution in [0.4, 0.5) is 5.95 Å².